The summed E-state index contributed by atoms with van der Waals surface area (Å²) >= 11 is 0. The molecule has 8 heteroatoms. The summed E-state index contributed by atoms with van der Waals surface area (Å²) in [5.74, 6) is 2.55. The number of benzene rings is 2. The Hall–Kier alpha value is -3.94. The van der Waals surface area contributed by atoms with E-state index in [0.717, 1.165) is 42.7 Å². The summed E-state index contributed by atoms with van der Waals surface area (Å²) in [4.78, 5) is 30.2. The van der Waals surface area contributed by atoms with Crippen molar-refractivity contribution in [2.24, 2.45) is 5.41 Å². The van der Waals surface area contributed by atoms with E-state index in [0.29, 0.717) is 49.1 Å². The van der Waals surface area contributed by atoms with Gasteiger partial charge in [-0.25, -0.2) is 0 Å². The molecule has 0 aliphatic carbocycles. The lowest BCUT2D eigenvalue weighted by atomic mass is 9.77. The summed E-state index contributed by atoms with van der Waals surface area (Å²) in [6.45, 7) is 7.16. The number of methoxy groups -OCH3 is 3. The molecule has 1 spiro atoms. The Bertz CT molecular complexity index is 1280. The van der Waals surface area contributed by atoms with Crippen molar-refractivity contribution in [2.45, 2.75) is 33.1 Å². The van der Waals surface area contributed by atoms with Crippen LogP contribution in [-0.2, 0) is 9.59 Å². The molecule has 0 aromatic heterocycles. The molecule has 0 N–H and O–H groups in total. The number of ether oxygens (including phenoxy) is 4. The zero-order valence-corrected chi connectivity index (χ0v) is 24.2. The summed E-state index contributed by atoms with van der Waals surface area (Å²) < 4.78 is 22.0. The van der Waals surface area contributed by atoms with Crippen molar-refractivity contribution in [3.8, 4) is 23.0 Å². The summed E-state index contributed by atoms with van der Waals surface area (Å²) in [7, 11) is 4.74. The molecule has 0 atom stereocenters. The first-order valence-corrected chi connectivity index (χ1v) is 13.8. The van der Waals surface area contributed by atoms with Crippen molar-refractivity contribution in [1.82, 2.24) is 9.80 Å². The average Bonchev–Trinajstić information content (AvgIpc) is 3.39. The number of amides is 2. The second-order valence-electron chi connectivity index (χ2n) is 10.4. The van der Waals surface area contributed by atoms with Gasteiger partial charge in [0.1, 0.15) is 11.5 Å². The highest BCUT2D eigenvalue weighted by molar-refractivity contribution is 5.98. The van der Waals surface area contributed by atoms with Gasteiger partial charge in [0.15, 0.2) is 11.5 Å². The fourth-order valence-corrected chi connectivity index (χ4v) is 5.60. The number of likely N-dealkylation sites (tertiary alicyclic amines) is 2. The maximum atomic E-state index is 13.4. The van der Waals surface area contributed by atoms with Crippen LogP contribution in [0, 0.1) is 5.41 Å². The topological polar surface area (TPSA) is 77.5 Å². The van der Waals surface area contributed by atoms with Crippen LogP contribution in [0.25, 0.3) is 12.2 Å². The van der Waals surface area contributed by atoms with Gasteiger partial charge in [-0.2, -0.15) is 0 Å². The molecule has 0 unspecified atom stereocenters. The fourth-order valence-electron chi connectivity index (χ4n) is 5.60. The number of carbonyl (C=O) groups excluding carboxylic acids is 2. The minimum absolute atomic E-state index is 0.00901. The first kappa shape index (κ1) is 29.1. The van der Waals surface area contributed by atoms with Crippen molar-refractivity contribution in [2.75, 3.05) is 54.1 Å². The van der Waals surface area contributed by atoms with Gasteiger partial charge < -0.3 is 28.7 Å². The van der Waals surface area contributed by atoms with Gasteiger partial charge in [0.25, 0.3) is 0 Å². The summed E-state index contributed by atoms with van der Waals surface area (Å²) in [5, 5.41) is 0. The fraction of sp³-hybridized carbons (Fsp3) is 0.438. The summed E-state index contributed by atoms with van der Waals surface area (Å²) in [5.41, 5.74) is 2.33. The van der Waals surface area contributed by atoms with Gasteiger partial charge in [-0.1, -0.05) is 18.2 Å². The molecule has 2 heterocycles. The van der Waals surface area contributed by atoms with Crippen LogP contribution in [0.1, 0.15) is 44.2 Å². The zero-order chi connectivity index (χ0) is 28.7. The third-order valence-corrected chi connectivity index (χ3v) is 7.93. The lowest BCUT2D eigenvalue weighted by Crippen LogP contribution is -2.44. The zero-order valence-electron chi connectivity index (χ0n) is 24.2. The molecule has 214 valence electrons. The summed E-state index contributed by atoms with van der Waals surface area (Å²) in [6.07, 6.45) is 8.03. The maximum absolute atomic E-state index is 13.4. The normalized spacial score (nSPS) is 16.9. The molecule has 2 aromatic carbocycles. The monoisotopic (exact) mass is 548 g/mol. The maximum Gasteiger partial charge on any atom is 0.249 e. The van der Waals surface area contributed by atoms with E-state index in [-0.39, 0.29) is 17.2 Å². The Morgan fingerprint density at radius 3 is 2.12 bits per heavy atom. The average molecular weight is 549 g/mol. The first-order valence-electron chi connectivity index (χ1n) is 13.8. The van der Waals surface area contributed by atoms with E-state index in [1.165, 1.54) is 0 Å². The SMILES string of the molecule is CCOc1ccccc1C=CC(=O)N1CCC2(CC1)CCN(C(=O)C(C)=Cc1cc(OC)c(OC)cc1OC)C2. The Morgan fingerprint density at radius 2 is 1.48 bits per heavy atom. The third kappa shape index (κ3) is 6.43. The molecule has 2 saturated heterocycles. The van der Waals surface area contributed by atoms with Gasteiger partial charge in [-0.3, -0.25) is 9.59 Å². The standard InChI is InChI=1S/C32H40N2O6/c1-6-40-26-10-8-7-9-24(26)11-12-30(35)33-16-13-32(14-17-33)15-18-34(22-32)31(36)23(2)19-25-20-28(38-4)29(39-5)21-27(25)37-3/h7-12,19-21H,6,13-18,22H2,1-5H3. The van der Waals surface area contributed by atoms with Gasteiger partial charge in [0.05, 0.1) is 27.9 Å². The first-order chi connectivity index (χ1) is 19.3. The van der Waals surface area contributed by atoms with E-state index in [9.17, 15) is 9.59 Å². The molecule has 2 aromatic rings. The Balaban J connectivity index is 1.36. The van der Waals surface area contributed by atoms with Gasteiger partial charge in [-0.15, -0.1) is 0 Å². The molecule has 2 fully saturated rings. The Morgan fingerprint density at radius 1 is 0.850 bits per heavy atom. The van der Waals surface area contributed by atoms with Crippen LogP contribution in [-0.4, -0.2) is 75.7 Å². The molecule has 8 nitrogen and oxygen atoms in total. The van der Waals surface area contributed by atoms with Crippen LogP contribution >= 0.6 is 0 Å². The largest absolute Gasteiger partial charge is 0.496 e. The van der Waals surface area contributed by atoms with E-state index in [1.807, 2.05) is 66.1 Å². The number of rotatable bonds is 9. The number of carbonyl (C=O) groups is 2. The Labute approximate surface area is 237 Å². The number of piperidine rings is 1. The highest BCUT2D eigenvalue weighted by atomic mass is 16.5. The summed E-state index contributed by atoms with van der Waals surface area (Å²) in [6, 6.07) is 11.3. The molecule has 2 aliphatic rings. The highest BCUT2D eigenvalue weighted by Gasteiger charge is 2.42. The molecule has 2 amide bonds. The van der Waals surface area contributed by atoms with Crippen molar-refractivity contribution >= 4 is 24.0 Å². The third-order valence-electron chi connectivity index (χ3n) is 7.93. The van der Waals surface area contributed by atoms with Crippen LogP contribution in [0.15, 0.2) is 48.0 Å². The van der Waals surface area contributed by atoms with E-state index in [4.69, 9.17) is 18.9 Å². The lowest BCUT2D eigenvalue weighted by Gasteiger charge is -2.39. The lowest BCUT2D eigenvalue weighted by molar-refractivity contribution is -0.129. The number of hydrogen-bond donors (Lipinski definition) is 0. The van der Waals surface area contributed by atoms with Crippen LogP contribution in [0.2, 0.25) is 0 Å². The van der Waals surface area contributed by atoms with Gasteiger partial charge in [0.2, 0.25) is 11.8 Å². The smallest absolute Gasteiger partial charge is 0.249 e. The van der Waals surface area contributed by atoms with Crippen LogP contribution in [0.4, 0.5) is 0 Å². The minimum Gasteiger partial charge on any atom is -0.496 e. The van der Waals surface area contributed by atoms with Crippen molar-refractivity contribution in [3.63, 3.8) is 0 Å². The van der Waals surface area contributed by atoms with Crippen LogP contribution < -0.4 is 18.9 Å². The molecular formula is C32H40N2O6. The second kappa shape index (κ2) is 12.9. The molecular weight excluding hydrogens is 508 g/mol. The molecule has 0 radical (unpaired) electrons. The number of para-hydroxylation sites is 1. The second-order valence-corrected chi connectivity index (χ2v) is 10.4. The quantitative estimate of drug-likeness (QED) is 0.408. The number of hydrogen-bond acceptors (Lipinski definition) is 6. The number of nitrogens with zero attached hydrogens (tertiary/aromatic N) is 2. The highest BCUT2D eigenvalue weighted by Crippen LogP contribution is 2.41. The van der Waals surface area contributed by atoms with E-state index < -0.39 is 0 Å². The van der Waals surface area contributed by atoms with Crippen molar-refractivity contribution in [3.05, 3.63) is 59.2 Å². The minimum atomic E-state index is 0.00901. The van der Waals surface area contributed by atoms with Crippen LogP contribution in [0.3, 0.4) is 0 Å². The van der Waals surface area contributed by atoms with Crippen molar-refractivity contribution in [1.29, 1.82) is 0 Å². The van der Waals surface area contributed by atoms with Crippen molar-refractivity contribution < 1.29 is 28.5 Å². The van der Waals surface area contributed by atoms with E-state index in [1.54, 1.807) is 33.5 Å². The van der Waals surface area contributed by atoms with E-state index >= 15 is 0 Å². The Kier molecular flexibility index (Phi) is 9.40. The molecule has 0 bridgehead atoms. The van der Waals surface area contributed by atoms with Gasteiger partial charge >= 0.3 is 0 Å². The predicted octanol–water partition coefficient (Wildman–Crippen LogP) is 5.07. The predicted molar refractivity (Wildman–Crippen MR) is 156 cm³/mol. The molecule has 2 aliphatic heterocycles. The van der Waals surface area contributed by atoms with Crippen LogP contribution in [0.5, 0.6) is 23.0 Å². The molecule has 0 saturated carbocycles. The molecule has 40 heavy (non-hydrogen) atoms. The van der Waals surface area contributed by atoms with E-state index in [2.05, 4.69) is 0 Å². The van der Waals surface area contributed by atoms with Gasteiger partial charge in [-0.05, 0) is 62.8 Å². The molecule has 4 rings (SSSR count). The van der Waals surface area contributed by atoms with Gasteiger partial charge in [0, 0.05) is 55.0 Å².